The van der Waals surface area contributed by atoms with Gasteiger partial charge in [-0.25, -0.2) is 0 Å². The molecule has 0 bridgehead atoms. The maximum Gasteiger partial charge on any atom is -0.0417 e. The van der Waals surface area contributed by atoms with E-state index in [1.165, 1.54) is 83.5 Å². The lowest BCUT2D eigenvalue weighted by Crippen LogP contribution is -2.09. The molecule has 0 aliphatic heterocycles. The normalized spacial score (nSPS) is 14.6. The third-order valence-electron chi connectivity index (χ3n) is 5.21. The van der Waals surface area contributed by atoms with Crippen LogP contribution in [0.2, 0.25) is 0 Å². The molecule has 0 aromatic carbocycles. The predicted molar refractivity (Wildman–Crippen MR) is 98.9 cm³/mol. The van der Waals surface area contributed by atoms with Crippen LogP contribution in [0, 0.1) is 17.8 Å². The van der Waals surface area contributed by atoms with E-state index in [-0.39, 0.29) is 0 Å². The summed E-state index contributed by atoms with van der Waals surface area (Å²) >= 11 is 0. The monoisotopic (exact) mass is 296 g/mol. The molecule has 0 aromatic rings. The van der Waals surface area contributed by atoms with Crippen LogP contribution in [-0.4, -0.2) is 0 Å². The Bertz CT molecular complexity index is 194. The lowest BCUT2D eigenvalue weighted by atomic mass is 9.86. The summed E-state index contributed by atoms with van der Waals surface area (Å²) in [5, 5.41) is 0. The Balaban J connectivity index is 3.21. The average molecular weight is 297 g/mol. The van der Waals surface area contributed by atoms with Crippen LogP contribution < -0.4 is 0 Å². The average Bonchev–Trinajstić information content (AvgIpc) is 2.44. The van der Waals surface area contributed by atoms with E-state index < -0.39 is 0 Å². The van der Waals surface area contributed by atoms with Crippen LogP contribution in [0.4, 0.5) is 0 Å². The fraction of sp³-hybridized carbons (Fsp3) is 1.00. The van der Waals surface area contributed by atoms with Gasteiger partial charge in [0.1, 0.15) is 0 Å². The Labute approximate surface area is 136 Å². The van der Waals surface area contributed by atoms with Gasteiger partial charge in [-0.1, -0.05) is 112 Å². The summed E-state index contributed by atoms with van der Waals surface area (Å²) in [6.07, 6.45) is 18.9. The second kappa shape index (κ2) is 14.9. The third kappa shape index (κ3) is 14.7. The van der Waals surface area contributed by atoms with Crippen molar-refractivity contribution in [1.29, 1.82) is 0 Å². The SMILES string of the molecule is CCCCCCCCCCCCC[C@H](C)CC(C)C(C)C. The molecule has 0 amide bonds. The van der Waals surface area contributed by atoms with E-state index >= 15 is 0 Å². The van der Waals surface area contributed by atoms with Crippen LogP contribution in [-0.2, 0) is 0 Å². The van der Waals surface area contributed by atoms with Crippen molar-refractivity contribution in [3.8, 4) is 0 Å². The van der Waals surface area contributed by atoms with Crippen molar-refractivity contribution in [2.75, 3.05) is 0 Å². The van der Waals surface area contributed by atoms with Gasteiger partial charge in [-0.2, -0.15) is 0 Å². The van der Waals surface area contributed by atoms with E-state index in [1.807, 2.05) is 0 Å². The highest BCUT2D eigenvalue weighted by Crippen LogP contribution is 2.23. The minimum Gasteiger partial charge on any atom is -0.0654 e. The molecule has 21 heavy (non-hydrogen) atoms. The Morgan fingerprint density at radius 1 is 0.571 bits per heavy atom. The van der Waals surface area contributed by atoms with E-state index in [4.69, 9.17) is 0 Å². The minimum absolute atomic E-state index is 0.852. The lowest BCUT2D eigenvalue weighted by Gasteiger charge is -2.20. The molecule has 0 aliphatic carbocycles. The van der Waals surface area contributed by atoms with Gasteiger partial charge < -0.3 is 0 Å². The molecule has 2 atom stereocenters. The van der Waals surface area contributed by atoms with Crippen LogP contribution >= 0.6 is 0 Å². The molecular weight excluding hydrogens is 252 g/mol. The van der Waals surface area contributed by atoms with Gasteiger partial charge >= 0.3 is 0 Å². The Kier molecular flexibility index (Phi) is 14.9. The molecule has 0 nitrogen and oxygen atoms in total. The summed E-state index contributed by atoms with van der Waals surface area (Å²) in [4.78, 5) is 0. The molecule has 0 heteroatoms. The number of hydrogen-bond donors (Lipinski definition) is 0. The molecule has 1 unspecified atom stereocenters. The van der Waals surface area contributed by atoms with Gasteiger partial charge in [0.05, 0.1) is 0 Å². The van der Waals surface area contributed by atoms with Crippen molar-refractivity contribution in [1.82, 2.24) is 0 Å². The molecule has 0 radical (unpaired) electrons. The van der Waals surface area contributed by atoms with Crippen LogP contribution in [0.1, 0.15) is 118 Å². The Morgan fingerprint density at radius 2 is 1.00 bits per heavy atom. The first kappa shape index (κ1) is 21.0. The number of unbranched alkanes of at least 4 members (excludes halogenated alkanes) is 10. The van der Waals surface area contributed by atoms with Crippen LogP contribution in [0.3, 0.4) is 0 Å². The van der Waals surface area contributed by atoms with E-state index in [0.29, 0.717) is 0 Å². The number of rotatable bonds is 15. The highest BCUT2D eigenvalue weighted by atomic mass is 14.2. The largest absolute Gasteiger partial charge is 0.0654 e. The van der Waals surface area contributed by atoms with Crippen molar-refractivity contribution >= 4 is 0 Å². The van der Waals surface area contributed by atoms with Crippen molar-refractivity contribution < 1.29 is 0 Å². The van der Waals surface area contributed by atoms with Gasteiger partial charge in [0.25, 0.3) is 0 Å². The van der Waals surface area contributed by atoms with E-state index in [1.54, 1.807) is 0 Å². The topological polar surface area (TPSA) is 0 Å². The van der Waals surface area contributed by atoms with E-state index in [2.05, 4.69) is 34.6 Å². The minimum atomic E-state index is 0.852. The Morgan fingerprint density at radius 3 is 1.43 bits per heavy atom. The molecule has 0 fully saturated rings. The molecule has 0 heterocycles. The predicted octanol–water partition coefficient (Wildman–Crippen LogP) is 8.01. The lowest BCUT2D eigenvalue weighted by molar-refractivity contribution is 0.315. The zero-order chi connectivity index (χ0) is 15.9. The smallest absolute Gasteiger partial charge is 0.0417 e. The molecule has 0 N–H and O–H groups in total. The summed E-state index contributed by atoms with van der Waals surface area (Å²) in [5.74, 6) is 2.68. The highest BCUT2D eigenvalue weighted by Gasteiger charge is 2.11. The first-order valence-corrected chi connectivity index (χ1v) is 10.1. The fourth-order valence-corrected chi connectivity index (χ4v) is 3.18. The van der Waals surface area contributed by atoms with Crippen molar-refractivity contribution in [2.45, 2.75) is 118 Å². The zero-order valence-corrected chi connectivity index (χ0v) is 15.9. The summed E-state index contributed by atoms with van der Waals surface area (Å²) < 4.78 is 0. The summed E-state index contributed by atoms with van der Waals surface area (Å²) in [6.45, 7) is 11.9. The molecule has 0 aliphatic rings. The summed E-state index contributed by atoms with van der Waals surface area (Å²) in [5.41, 5.74) is 0. The molecule has 0 rings (SSSR count). The van der Waals surface area contributed by atoms with Crippen LogP contribution in [0.5, 0.6) is 0 Å². The maximum absolute atomic E-state index is 2.45. The highest BCUT2D eigenvalue weighted by molar-refractivity contribution is 4.63. The second-order valence-corrected chi connectivity index (χ2v) is 7.89. The number of hydrogen-bond acceptors (Lipinski definition) is 0. The van der Waals surface area contributed by atoms with Gasteiger partial charge in [0.2, 0.25) is 0 Å². The summed E-state index contributed by atoms with van der Waals surface area (Å²) in [7, 11) is 0. The van der Waals surface area contributed by atoms with Gasteiger partial charge in [0.15, 0.2) is 0 Å². The third-order valence-corrected chi connectivity index (χ3v) is 5.21. The first-order valence-electron chi connectivity index (χ1n) is 10.1. The van der Waals surface area contributed by atoms with Crippen LogP contribution in [0.15, 0.2) is 0 Å². The molecule has 0 spiro atoms. The maximum atomic E-state index is 2.45. The molecular formula is C21H44. The van der Waals surface area contributed by atoms with Gasteiger partial charge in [0, 0.05) is 0 Å². The van der Waals surface area contributed by atoms with Crippen LogP contribution in [0.25, 0.3) is 0 Å². The first-order chi connectivity index (χ1) is 10.1. The molecule has 128 valence electrons. The molecule has 0 saturated carbocycles. The Hall–Kier alpha value is 0. The standard InChI is InChI=1S/C21H44/c1-6-7-8-9-10-11-12-13-14-15-16-17-20(4)18-21(5)19(2)3/h19-21H,6-18H2,1-5H3/t20-,21?/m0/s1. The van der Waals surface area contributed by atoms with E-state index in [9.17, 15) is 0 Å². The zero-order valence-electron chi connectivity index (χ0n) is 15.9. The molecule has 0 aromatic heterocycles. The molecule has 0 saturated heterocycles. The van der Waals surface area contributed by atoms with Crippen molar-refractivity contribution in [3.05, 3.63) is 0 Å². The van der Waals surface area contributed by atoms with E-state index in [0.717, 1.165) is 17.8 Å². The van der Waals surface area contributed by atoms with Gasteiger partial charge in [-0.3, -0.25) is 0 Å². The van der Waals surface area contributed by atoms with Crippen molar-refractivity contribution in [3.63, 3.8) is 0 Å². The quantitative estimate of drug-likeness (QED) is 0.268. The van der Waals surface area contributed by atoms with Gasteiger partial charge in [-0.05, 0) is 24.2 Å². The summed E-state index contributed by atoms with van der Waals surface area (Å²) in [6, 6.07) is 0. The fourth-order valence-electron chi connectivity index (χ4n) is 3.18. The second-order valence-electron chi connectivity index (χ2n) is 7.89. The van der Waals surface area contributed by atoms with Gasteiger partial charge in [-0.15, -0.1) is 0 Å². The van der Waals surface area contributed by atoms with Crippen molar-refractivity contribution in [2.24, 2.45) is 17.8 Å².